The minimum absolute atomic E-state index is 0.382. The van der Waals surface area contributed by atoms with E-state index in [-0.39, 0.29) is 0 Å². The first-order valence-electron chi connectivity index (χ1n) is 6.37. The molecule has 0 atom stereocenters. The molecule has 1 fully saturated rings. The molecule has 0 unspecified atom stereocenters. The number of nitrogen functional groups attached to an aromatic ring is 1. The molecule has 2 rings (SSSR count). The Labute approximate surface area is 107 Å². The Morgan fingerprint density at radius 3 is 2.65 bits per heavy atom. The fraction of sp³-hybridized carbons (Fsp3) is 0.750. The van der Waals surface area contributed by atoms with Crippen molar-refractivity contribution in [2.45, 2.75) is 50.7 Å². The molecule has 0 spiro atoms. The van der Waals surface area contributed by atoms with Gasteiger partial charge in [0.15, 0.2) is 0 Å². The fourth-order valence-electron chi connectivity index (χ4n) is 2.26. The number of anilines is 1. The second kappa shape index (κ2) is 6.19. The van der Waals surface area contributed by atoms with E-state index < -0.39 is 0 Å². The molecule has 1 aromatic heterocycles. The number of aromatic nitrogens is 3. The van der Waals surface area contributed by atoms with Gasteiger partial charge in [-0.2, -0.15) is 21.7 Å². The van der Waals surface area contributed by atoms with E-state index in [2.05, 4.69) is 21.9 Å². The van der Waals surface area contributed by atoms with Crippen LogP contribution in [0.2, 0.25) is 0 Å². The smallest absolute Gasteiger partial charge is 0.223 e. The lowest BCUT2D eigenvalue weighted by atomic mass is 9.89. The summed E-state index contributed by atoms with van der Waals surface area (Å²) in [5.41, 5.74) is 5.77. The summed E-state index contributed by atoms with van der Waals surface area (Å²) in [7, 11) is 0. The molecule has 0 aliphatic heterocycles. The molecule has 0 radical (unpaired) electrons. The third-order valence-corrected chi connectivity index (χ3v) is 3.99. The minimum Gasteiger partial charge on any atom is -0.368 e. The zero-order chi connectivity index (χ0) is 12.1. The third-order valence-electron chi connectivity index (χ3n) is 3.12. The van der Waals surface area contributed by atoms with Gasteiger partial charge in [-0.25, -0.2) is 4.98 Å². The maximum absolute atomic E-state index is 5.77. The molecule has 5 heteroatoms. The molecular formula is C12H20N4S. The van der Waals surface area contributed by atoms with Crippen molar-refractivity contribution in [3.05, 3.63) is 11.6 Å². The lowest BCUT2D eigenvalue weighted by Gasteiger charge is -2.20. The lowest BCUT2D eigenvalue weighted by molar-refractivity contribution is 0.427. The average Bonchev–Trinajstić information content (AvgIpc) is 2.37. The normalized spacial score (nSPS) is 17.2. The predicted octanol–water partition coefficient (Wildman–Crippen LogP) is 2.75. The number of rotatable bonds is 4. The molecule has 17 heavy (non-hydrogen) atoms. The predicted molar refractivity (Wildman–Crippen MR) is 71.9 cm³/mol. The Hall–Kier alpha value is -0.840. The van der Waals surface area contributed by atoms with Gasteiger partial charge in [0.2, 0.25) is 5.95 Å². The molecule has 1 aliphatic carbocycles. The van der Waals surface area contributed by atoms with Crippen LogP contribution in [0.3, 0.4) is 0 Å². The second-order valence-corrected chi connectivity index (χ2v) is 5.71. The van der Waals surface area contributed by atoms with Gasteiger partial charge in [-0.3, -0.25) is 0 Å². The maximum atomic E-state index is 5.77. The SMILES string of the molecule is CCSCc1nc(N)nc(C2CCCCC2)n1. The van der Waals surface area contributed by atoms with E-state index in [4.69, 9.17) is 5.73 Å². The summed E-state index contributed by atoms with van der Waals surface area (Å²) in [6.07, 6.45) is 6.31. The van der Waals surface area contributed by atoms with E-state index in [1.807, 2.05) is 11.8 Å². The molecule has 0 saturated heterocycles. The van der Waals surface area contributed by atoms with Crippen LogP contribution in [0.4, 0.5) is 5.95 Å². The van der Waals surface area contributed by atoms with Crippen molar-refractivity contribution < 1.29 is 0 Å². The van der Waals surface area contributed by atoms with E-state index in [9.17, 15) is 0 Å². The lowest BCUT2D eigenvalue weighted by Crippen LogP contribution is -2.13. The Morgan fingerprint density at radius 1 is 1.18 bits per heavy atom. The summed E-state index contributed by atoms with van der Waals surface area (Å²) >= 11 is 1.82. The molecule has 0 amide bonds. The van der Waals surface area contributed by atoms with Gasteiger partial charge in [-0.15, -0.1) is 0 Å². The van der Waals surface area contributed by atoms with E-state index in [1.54, 1.807) is 0 Å². The molecule has 0 bridgehead atoms. The van der Waals surface area contributed by atoms with Crippen LogP contribution >= 0.6 is 11.8 Å². The van der Waals surface area contributed by atoms with E-state index in [1.165, 1.54) is 32.1 Å². The molecule has 4 nitrogen and oxygen atoms in total. The van der Waals surface area contributed by atoms with Gasteiger partial charge in [-0.1, -0.05) is 26.2 Å². The number of nitrogens with two attached hydrogens (primary N) is 1. The number of thioether (sulfide) groups is 1. The minimum atomic E-state index is 0.382. The molecule has 1 aliphatic rings. The fourth-order valence-corrected chi connectivity index (χ4v) is 2.77. The molecule has 0 aromatic carbocycles. The summed E-state index contributed by atoms with van der Waals surface area (Å²) in [4.78, 5) is 13.1. The van der Waals surface area contributed by atoms with Crippen molar-refractivity contribution in [3.63, 3.8) is 0 Å². The van der Waals surface area contributed by atoms with E-state index >= 15 is 0 Å². The standard InChI is InChI=1S/C12H20N4S/c1-2-17-8-10-14-11(16-12(13)15-10)9-6-4-3-5-7-9/h9H,2-8H2,1H3,(H2,13,14,15,16). The monoisotopic (exact) mass is 252 g/mol. The summed E-state index contributed by atoms with van der Waals surface area (Å²) < 4.78 is 0. The Morgan fingerprint density at radius 2 is 1.94 bits per heavy atom. The summed E-state index contributed by atoms with van der Waals surface area (Å²) in [6.45, 7) is 2.14. The molecular weight excluding hydrogens is 232 g/mol. The van der Waals surface area contributed by atoms with E-state index in [0.717, 1.165) is 23.2 Å². The first kappa shape index (κ1) is 12.6. The van der Waals surface area contributed by atoms with Crippen LogP contribution in [0.5, 0.6) is 0 Å². The van der Waals surface area contributed by atoms with E-state index in [0.29, 0.717) is 11.9 Å². The van der Waals surface area contributed by atoms with Crippen LogP contribution in [0.1, 0.15) is 56.6 Å². The van der Waals surface area contributed by atoms with Crippen molar-refractivity contribution in [2.75, 3.05) is 11.5 Å². The molecule has 1 saturated carbocycles. The van der Waals surface area contributed by atoms with Crippen molar-refractivity contribution in [1.82, 2.24) is 15.0 Å². The molecule has 1 heterocycles. The number of nitrogens with zero attached hydrogens (tertiary/aromatic N) is 3. The van der Waals surface area contributed by atoms with Crippen LogP contribution in [-0.2, 0) is 5.75 Å². The molecule has 2 N–H and O–H groups in total. The molecule has 1 aromatic rings. The maximum Gasteiger partial charge on any atom is 0.223 e. The van der Waals surface area contributed by atoms with Crippen molar-refractivity contribution >= 4 is 17.7 Å². The Kier molecular flexibility index (Phi) is 4.59. The third kappa shape index (κ3) is 3.56. The van der Waals surface area contributed by atoms with Gasteiger partial charge in [0, 0.05) is 5.92 Å². The summed E-state index contributed by atoms with van der Waals surface area (Å²) in [5.74, 6) is 4.55. The number of hydrogen-bond donors (Lipinski definition) is 1. The molecule has 94 valence electrons. The van der Waals surface area contributed by atoms with Gasteiger partial charge < -0.3 is 5.73 Å². The van der Waals surface area contributed by atoms with Crippen LogP contribution in [0.25, 0.3) is 0 Å². The van der Waals surface area contributed by atoms with Gasteiger partial charge in [0.25, 0.3) is 0 Å². The highest BCUT2D eigenvalue weighted by molar-refractivity contribution is 7.98. The average molecular weight is 252 g/mol. The highest BCUT2D eigenvalue weighted by Crippen LogP contribution is 2.30. The summed E-state index contributed by atoms with van der Waals surface area (Å²) in [6, 6.07) is 0. The zero-order valence-corrected chi connectivity index (χ0v) is 11.2. The largest absolute Gasteiger partial charge is 0.368 e. The Balaban J connectivity index is 2.12. The van der Waals surface area contributed by atoms with Crippen LogP contribution < -0.4 is 5.73 Å². The van der Waals surface area contributed by atoms with Crippen molar-refractivity contribution in [2.24, 2.45) is 0 Å². The van der Waals surface area contributed by atoms with Gasteiger partial charge in [0.1, 0.15) is 11.6 Å². The second-order valence-electron chi connectivity index (χ2n) is 4.44. The van der Waals surface area contributed by atoms with Gasteiger partial charge in [0.05, 0.1) is 5.75 Å². The first-order chi connectivity index (χ1) is 8.29. The van der Waals surface area contributed by atoms with Crippen LogP contribution in [0, 0.1) is 0 Å². The quantitative estimate of drug-likeness (QED) is 0.892. The highest BCUT2D eigenvalue weighted by Gasteiger charge is 2.19. The topological polar surface area (TPSA) is 64.7 Å². The first-order valence-corrected chi connectivity index (χ1v) is 7.53. The van der Waals surface area contributed by atoms with Gasteiger partial charge in [-0.05, 0) is 18.6 Å². The zero-order valence-electron chi connectivity index (χ0n) is 10.4. The summed E-state index contributed by atoms with van der Waals surface area (Å²) in [5, 5.41) is 0. The Bertz CT molecular complexity index is 364. The van der Waals surface area contributed by atoms with Crippen molar-refractivity contribution in [3.8, 4) is 0 Å². The van der Waals surface area contributed by atoms with Gasteiger partial charge >= 0.3 is 0 Å². The van der Waals surface area contributed by atoms with Crippen LogP contribution in [0.15, 0.2) is 0 Å². The van der Waals surface area contributed by atoms with Crippen LogP contribution in [-0.4, -0.2) is 20.7 Å². The highest BCUT2D eigenvalue weighted by atomic mass is 32.2. The van der Waals surface area contributed by atoms with Crippen molar-refractivity contribution in [1.29, 1.82) is 0 Å². The number of hydrogen-bond acceptors (Lipinski definition) is 5.